The van der Waals surface area contributed by atoms with Crippen LogP contribution in [0.3, 0.4) is 0 Å². The smallest absolute Gasteiger partial charge is 0.191 e. The van der Waals surface area contributed by atoms with Crippen molar-refractivity contribution in [3.63, 3.8) is 0 Å². The van der Waals surface area contributed by atoms with E-state index in [2.05, 4.69) is 20.6 Å². The molecule has 0 amide bonds. The molecule has 138 valence electrons. The lowest BCUT2D eigenvalue weighted by atomic mass is 10.2. The number of nitrogens with zero attached hydrogens (tertiary/aromatic N) is 2. The van der Waals surface area contributed by atoms with Gasteiger partial charge in [-0.1, -0.05) is 17.7 Å². The van der Waals surface area contributed by atoms with E-state index in [0.29, 0.717) is 25.0 Å². The fourth-order valence-corrected chi connectivity index (χ4v) is 1.93. The molecule has 8 heteroatoms. The van der Waals surface area contributed by atoms with Gasteiger partial charge in [0.05, 0.1) is 13.2 Å². The van der Waals surface area contributed by atoms with Gasteiger partial charge >= 0.3 is 0 Å². The van der Waals surface area contributed by atoms with Crippen molar-refractivity contribution in [1.82, 2.24) is 15.6 Å². The first kappa shape index (κ1) is 23.4. The molecule has 0 radical (unpaired) electrons. The summed E-state index contributed by atoms with van der Waals surface area (Å²) >= 11 is 5.78. The van der Waals surface area contributed by atoms with Gasteiger partial charge in [-0.15, -0.1) is 24.0 Å². The standard InChI is InChI=1S/C16H27ClN4O2.HI/c1-3-18-16(19-8-4-10-23-12-11-22-2)20-9-7-14-5-6-15(17)21-13-14;/h5-6,13H,3-4,7-12H2,1-2H3,(H2,18,19,20);1H. The van der Waals surface area contributed by atoms with Crippen molar-refractivity contribution in [2.45, 2.75) is 19.8 Å². The molecule has 1 aromatic heterocycles. The van der Waals surface area contributed by atoms with Crippen LogP contribution in [0.15, 0.2) is 23.3 Å². The number of halogens is 2. The van der Waals surface area contributed by atoms with Crippen LogP contribution in [0.25, 0.3) is 0 Å². The number of aromatic nitrogens is 1. The lowest BCUT2D eigenvalue weighted by Crippen LogP contribution is -2.38. The third-order valence-corrected chi connectivity index (χ3v) is 3.21. The Morgan fingerprint density at radius 3 is 2.75 bits per heavy atom. The number of nitrogens with one attached hydrogen (secondary N) is 2. The summed E-state index contributed by atoms with van der Waals surface area (Å²) < 4.78 is 10.3. The van der Waals surface area contributed by atoms with Crippen molar-refractivity contribution in [1.29, 1.82) is 0 Å². The van der Waals surface area contributed by atoms with Gasteiger partial charge in [0.2, 0.25) is 0 Å². The minimum atomic E-state index is 0. The van der Waals surface area contributed by atoms with E-state index in [1.165, 1.54) is 0 Å². The van der Waals surface area contributed by atoms with E-state index in [4.69, 9.17) is 21.1 Å². The summed E-state index contributed by atoms with van der Waals surface area (Å²) in [5.74, 6) is 0.825. The Morgan fingerprint density at radius 1 is 1.25 bits per heavy atom. The summed E-state index contributed by atoms with van der Waals surface area (Å²) in [6.45, 7) is 6.36. The molecule has 1 heterocycles. The normalized spacial score (nSPS) is 11.0. The lowest BCUT2D eigenvalue weighted by molar-refractivity contribution is 0.0702. The summed E-state index contributed by atoms with van der Waals surface area (Å²) in [7, 11) is 1.67. The topological polar surface area (TPSA) is 67.8 Å². The third-order valence-electron chi connectivity index (χ3n) is 2.99. The van der Waals surface area contributed by atoms with E-state index >= 15 is 0 Å². The van der Waals surface area contributed by atoms with Gasteiger partial charge in [-0.2, -0.15) is 0 Å². The van der Waals surface area contributed by atoms with Crippen LogP contribution in [-0.4, -0.2) is 57.5 Å². The molecule has 1 rings (SSSR count). The highest BCUT2D eigenvalue weighted by Gasteiger charge is 1.98. The third kappa shape index (κ3) is 11.8. The van der Waals surface area contributed by atoms with E-state index in [1.807, 2.05) is 13.0 Å². The highest BCUT2D eigenvalue weighted by molar-refractivity contribution is 14.0. The summed E-state index contributed by atoms with van der Waals surface area (Å²) in [6.07, 6.45) is 3.56. The Labute approximate surface area is 166 Å². The predicted molar refractivity (Wildman–Crippen MR) is 110 cm³/mol. The Bertz CT molecular complexity index is 446. The average molecular weight is 471 g/mol. The maximum atomic E-state index is 5.78. The largest absolute Gasteiger partial charge is 0.382 e. The number of rotatable bonds is 11. The molecule has 0 spiro atoms. The monoisotopic (exact) mass is 470 g/mol. The van der Waals surface area contributed by atoms with Gasteiger partial charge in [0.1, 0.15) is 5.15 Å². The van der Waals surface area contributed by atoms with Crippen LogP contribution in [0.2, 0.25) is 5.15 Å². The number of hydrogen-bond donors (Lipinski definition) is 2. The summed E-state index contributed by atoms with van der Waals surface area (Å²) in [4.78, 5) is 8.60. The number of methoxy groups -OCH3 is 1. The second-order valence-corrected chi connectivity index (χ2v) is 5.27. The molecule has 2 N–H and O–H groups in total. The first-order chi connectivity index (χ1) is 11.3. The summed E-state index contributed by atoms with van der Waals surface area (Å²) in [5, 5.41) is 7.06. The van der Waals surface area contributed by atoms with Crippen LogP contribution < -0.4 is 10.6 Å². The van der Waals surface area contributed by atoms with Gasteiger partial charge in [-0.25, -0.2) is 4.98 Å². The van der Waals surface area contributed by atoms with Crippen molar-refractivity contribution < 1.29 is 9.47 Å². The fourth-order valence-electron chi connectivity index (χ4n) is 1.82. The molecule has 0 fully saturated rings. The van der Waals surface area contributed by atoms with E-state index in [9.17, 15) is 0 Å². The molecule has 1 aromatic rings. The van der Waals surface area contributed by atoms with E-state index in [-0.39, 0.29) is 24.0 Å². The first-order valence-corrected chi connectivity index (χ1v) is 8.33. The number of guanidine groups is 1. The zero-order valence-electron chi connectivity index (χ0n) is 14.4. The Kier molecular flexibility index (Phi) is 15.4. The lowest BCUT2D eigenvalue weighted by Gasteiger charge is -2.11. The highest BCUT2D eigenvalue weighted by Crippen LogP contribution is 2.05. The molecule has 0 aliphatic heterocycles. The van der Waals surface area contributed by atoms with Crippen LogP contribution in [0.1, 0.15) is 18.9 Å². The molecule has 0 aromatic carbocycles. The number of hydrogen-bond acceptors (Lipinski definition) is 4. The maximum absolute atomic E-state index is 5.78. The van der Waals surface area contributed by atoms with Crippen molar-refractivity contribution >= 4 is 41.5 Å². The van der Waals surface area contributed by atoms with Gasteiger partial charge in [0.25, 0.3) is 0 Å². The van der Waals surface area contributed by atoms with Crippen molar-refractivity contribution in [2.24, 2.45) is 4.99 Å². The number of aliphatic imine (C=N–C) groups is 1. The zero-order valence-corrected chi connectivity index (χ0v) is 17.5. The van der Waals surface area contributed by atoms with Gasteiger partial charge in [0.15, 0.2) is 5.96 Å². The van der Waals surface area contributed by atoms with E-state index in [0.717, 1.165) is 44.0 Å². The first-order valence-electron chi connectivity index (χ1n) is 7.95. The van der Waals surface area contributed by atoms with Crippen molar-refractivity contribution in [3.8, 4) is 0 Å². The minimum absolute atomic E-state index is 0. The molecule has 0 aliphatic rings. The van der Waals surface area contributed by atoms with E-state index in [1.54, 1.807) is 19.4 Å². The highest BCUT2D eigenvalue weighted by atomic mass is 127. The SMILES string of the molecule is CCNC(=NCCCOCCOC)NCCc1ccc(Cl)nc1.I. The summed E-state index contributed by atoms with van der Waals surface area (Å²) in [6, 6.07) is 3.79. The quantitative estimate of drug-likeness (QED) is 0.171. The Balaban J connectivity index is 0.00000529. The van der Waals surface area contributed by atoms with Gasteiger partial charge < -0.3 is 20.1 Å². The van der Waals surface area contributed by atoms with Crippen LogP contribution in [-0.2, 0) is 15.9 Å². The van der Waals surface area contributed by atoms with Crippen LogP contribution in [0.5, 0.6) is 0 Å². The molecule has 0 unspecified atom stereocenters. The number of ether oxygens (including phenoxy) is 2. The van der Waals surface area contributed by atoms with Gasteiger partial charge in [0, 0.05) is 39.5 Å². The molecular formula is C16H28ClIN4O2. The second kappa shape index (κ2) is 15.9. The van der Waals surface area contributed by atoms with Crippen molar-refractivity contribution in [2.75, 3.05) is 46.6 Å². The zero-order chi connectivity index (χ0) is 16.8. The van der Waals surface area contributed by atoms with E-state index < -0.39 is 0 Å². The van der Waals surface area contributed by atoms with Crippen LogP contribution in [0.4, 0.5) is 0 Å². The number of pyridine rings is 1. The molecule has 0 saturated carbocycles. The molecular weight excluding hydrogens is 443 g/mol. The molecule has 24 heavy (non-hydrogen) atoms. The molecule has 6 nitrogen and oxygen atoms in total. The van der Waals surface area contributed by atoms with Crippen molar-refractivity contribution in [3.05, 3.63) is 29.0 Å². The fraction of sp³-hybridized carbons (Fsp3) is 0.625. The predicted octanol–water partition coefficient (Wildman–Crippen LogP) is 2.50. The molecule has 0 saturated heterocycles. The Hall–Kier alpha value is -0.640. The van der Waals surface area contributed by atoms with Gasteiger partial charge in [-0.3, -0.25) is 4.99 Å². The maximum Gasteiger partial charge on any atom is 0.191 e. The second-order valence-electron chi connectivity index (χ2n) is 4.89. The van der Waals surface area contributed by atoms with Crippen LogP contribution >= 0.6 is 35.6 Å². The van der Waals surface area contributed by atoms with Gasteiger partial charge in [-0.05, 0) is 31.4 Å². The average Bonchev–Trinajstić information content (AvgIpc) is 2.56. The Morgan fingerprint density at radius 2 is 2.08 bits per heavy atom. The van der Waals surface area contributed by atoms with Crippen LogP contribution in [0, 0.1) is 0 Å². The molecule has 0 aliphatic carbocycles. The minimum Gasteiger partial charge on any atom is -0.382 e. The molecule has 0 atom stereocenters. The molecule has 0 bridgehead atoms. The summed E-state index contributed by atoms with van der Waals surface area (Å²) in [5.41, 5.74) is 1.14.